The lowest BCUT2D eigenvalue weighted by Gasteiger charge is -2.35. The molecule has 0 aliphatic carbocycles. The van der Waals surface area contributed by atoms with Crippen molar-refractivity contribution in [3.8, 4) is 0 Å². The lowest BCUT2D eigenvalue weighted by Crippen LogP contribution is -2.75. The number of hydrogen-bond donors (Lipinski definition) is 0. The number of rotatable bonds is 2. The van der Waals surface area contributed by atoms with Crippen molar-refractivity contribution < 1.29 is 0 Å². The molecule has 0 amide bonds. The molecule has 6 aromatic carbocycles. The van der Waals surface area contributed by atoms with Gasteiger partial charge in [0.1, 0.15) is 0 Å². The number of benzene rings is 6. The maximum absolute atomic E-state index is 4.81. The number of fused-ring (bicyclic) bond motifs is 14. The highest BCUT2D eigenvalue weighted by molar-refractivity contribution is 7.22. The number of hydrogen-bond acceptors (Lipinski definition) is 4. The minimum absolute atomic E-state index is 0.116. The summed E-state index contributed by atoms with van der Waals surface area (Å²) in [6.45, 7) is 14.1. The van der Waals surface area contributed by atoms with E-state index >= 15 is 0 Å². The Morgan fingerprint density at radius 2 is 0.567 bits per heavy atom. The number of thiophene rings is 4. The van der Waals surface area contributed by atoms with E-state index < -0.39 is 8.59 Å². The Hall–Kier alpha value is -2.45. The van der Waals surface area contributed by atoms with E-state index in [2.05, 4.69) is 136 Å². The van der Waals surface area contributed by atoms with Crippen LogP contribution in [-0.2, 0) is 0 Å². The third-order valence-electron chi connectivity index (χ3n) is 12.0. The molecule has 12 heteroatoms. The van der Waals surface area contributed by atoms with Gasteiger partial charge >= 0.3 is 0 Å². The summed E-state index contributed by atoms with van der Waals surface area (Å²) in [5.41, 5.74) is 16.9. The second-order valence-corrected chi connectivity index (χ2v) is 23.3. The molecule has 0 radical (unpaired) electrons. The second kappa shape index (κ2) is 16.9. The van der Waals surface area contributed by atoms with Gasteiger partial charge in [-0.25, -0.2) is 0 Å². The van der Waals surface area contributed by atoms with E-state index in [1.54, 1.807) is 0 Å². The zero-order chi connectivity index (χ0) is 42.3. The van der Waals surface area contributed by atoms with Crippen molar-refractivity contribution in [1.82, 2.24) is 0 Å². The van der Waals surface area contributed by atoms with Crippen molar-refractivity contribution >= 4 is 223 Å². The molecule has 10 aromatic rings. The van der Waals surface area contributed by atoms with E-state index in [4.69, 9.17) is 69.6 Å². The molecule has 0 atom stereocenters. The standard InChI is InChI=1S/C46H34B2S4.2CHCl3/c1-23-15-25(3)41(26(4)16-23)47-37-19-33-35(45-31(9-13-51-45)29-7-11-49-43(29)33)21-39(37)48(42-27(5)17-24(2)18-28(42)6)40-22-36-34(20-38(40)47)44-30(8-12-50-44)32-10-14-52-46(32)36;2*2-1(3)4/h7-22H,1-6H3;2*1H. The largest absolute Gasteiger partial charge is 0.240 e. The Labute approximate surface area is 397 Å². The average molecular weight is 975 g/mol. The summed E-state index contributed by atoms with van der Waals surface area (Å²) in [5.74, 6) is 0. The Morgan fingerprint density at radius 1 is 0.350 bits per heavy atom. The molecule has 4 aromatic heterocycles. The summed E-state index contributed by atoms with van der Waals surface area (Å²) in [6.07, 6.45) is 0. The second-order valence-electron chi connectivity index (χ2n) is 15.7. The van der Waals surface area contributed by atoms with Crippen molar-refractivity contribution in [3.63, 3.8) is 0 Å². The molecule has 0 nitrogen and oxygen atoms in total. The van der Waals surface area contributed by atoms with Crippen LogP contribution in [0, 0.1) is 41.5 Å². The van der Waals surface area contributed by atoms with Gasteiger partial charge in [0.2, 0.25) is 13.4 Å². The maximum Gasteiger partial charge on any atom is 0.240 e. The predicted octanol–water partition coefficient (Wildman–Crippen LogP) is 14.0. The molecular weight excluding hydrogens is 939 g/mol. The van der Waals surface area contributed by atoms with Crippen LogP contribution in [0.25, 0.3) is 61.9 Å². The van der Waals surface area contributed by atoms with Crippen molar-refractivity contribution in [1.29, 1.82) is 0 Å². The van der Waals surface area contributed by atoms with Gasteiger partial charge in [0.05, 0.1) is 0 Å². The normalized spacial score (nSPS) is 12.6. The first-order valence-corrected chi connectivity index (χ1v) is 25.5. The molecule has 0 saturated heterocycles. The highest BCUT2D eigenvalue weighted by atomic mass is 35.6. The summed E-state index contributed by atoms with van der Waals surface area (Å²) in [7, 11) is 0. The Balaban J connectivity index is 0.000000534. The molecule has 0 unspecified atom stereocenters. The monoisotopic (exact) mass is 972 g/mol. The molecule has 0 fully saturated rings. The summed E-state index contributed by atoms with van der Waals surface area (Å²) in [5, 5.41) is 20.3. The Morgan fingerprint density at radius 3 is 0.783 bits per heavy atom. The van der Waals surface area contributed by atoms with E-state index in [0.29, 0.717) is 0 Å². The van der Waals surface area contributed by atoms with Crippen molar-refractivity contribution in [2.45, 2.75) is 50.1 Å². The van der Waals surface area contributed by atoms with E-state index in [-0.39, 0.29) is 13.4 Å². The zero-order valence-electron chi connectivity index (χ0n) is 33.4. The van der Waals surface area contributed by atoms with E-state index in [1.807, 2.05) is 45.3 Å². The fourth-order valence-electron chi connectivity index (χ4n) is 10.2. The summed E-state index contributed by atoms with van der Waals surface area (Å²) >= 11 is 36.4. The molecule has 1 aliphatic rings. The van der Waals surface area contributed by atoms with Gasteiger partial charge in [-0.1, -0.05) is 184 Å². The molecule has 0 spiro atoms. The lowest BCUT2D eigenvalue weighted by molar-refractivity contribution is 1.35. The average Bonchev–Trinajstić information content (AvgIpc) is 4.00. The molecule has 0 bridgehead atoms. The highest BCUT2D eigenvalue weighted by Crippen LogP contribution is 2.42. The van der Waals surface area contributed by atoms with Crippen molar-refractivity contribution in [3.05, 3.63) is 128 Å². The fraction of sp³-hybridized carbons (Fsp3) is 0.167. The first kappa shape index (κ1) is 42.8. The lowest BCUT2D eigenvalue weighted by atomic mass is 9.20. The van der Waals surface area contributed by atoms with Gasteiger partial charge < -0.3 is 0 Å². The molecule has 0 N–H and O–H groups in total. The SMILES string of the molecule is Cc1cc(C)c(B2c3cc4c(cc3B(c3c(C)cc(C)cc3C)c3cc5c(cc32)c2sccc2c2ccsc25)c2sccc2c2ccsc24)c(C)c1.ClC(Cl)Cl.ClC(Cl)Cl. The van der Waals surface area contributed by atoms with Crippen LogP contribution in [0.1, 0.15) is 33.4 Å². The molecule has 0 saturated carbocycles. The third kappa shape index (κ3) is 7.39. The van der Waals surface area contributed by atoms with Crippen LogP contribution in [0.5, 0.6) is 0 Å². The molecule has 1 aliphatic heterocycles. The van der Waals surface area contributed by atoms with Gasteiger partial charge in [0, 0.05) is 61.9 Å². The van der Waals surface area contributed by atoms with Gasteiger partial charge in [-0.3, -0.25) is 0 Å². The van der Waals surface area contributed by atoms with Gasteiger partial charge in [0.25, 0.3) is 0 Å². The Bertz CT molecular complexity index is 2880. The minimum atomic E-state index is -0.750. The van der Waals surface area contributed by atoms with Crippen molar-refractivity contribution in [2.24, 2.45) is 0 Å². The van der Waals surface area contributed by atoms with Crippen LogP contribution in [0.4, 0.5) is 0 Å². The smallest absolute Gasteiger partial charge is 0.143 e. The zero-order valence-corrected chi connectivity index (χ0v) is 41.2. The molecule has 5 heterocycles. The quantitative estimate of drug-likeness (QED) is 0.120. The molecular formula is C48H36B2Cl6S4. The van der Waals surface area contributed by atoms with Crippen LogP contribution in [0.3, 0.4) is 0 Å². The molecule has 300 valence electrons. The van der Waals surface area contributed by atoms with E-state index in [9.17, 15) is 0 Å². The van der Waals surface area contributed by atoms with Gasteiger partial charge in [-0.2, -0.15) is 0 Å². The van der Waals surface area contributed by atoms with Crippen LogP contribution in [-0.4, -0.2) is 22.0 Å². The van der Waals surface area contributed by atoms with E-state index in [1.165, 1.54) is 128 Å². The van der Waals surface area contributed by atoms with Gasteiger partial charge in [-0.05, 0) is 87.3 Å². The van der Waals surface area contributed by atoms with Gasteiger partial charge in [0.15, 0.2) is 8.59 Å². The maximum atomic E-state index is 4.81. The van der Waals surface area contributed by atoms with Crippen LogP contribution < -0.4 is 32.8 Å². The fourth-order valence-corrected chi connectivity index (χ4v) is 14.0. The molecule has 11 rings (SSSR count). The number of alkyl halides is 6. The van der Waals surface area contributed by atoms with Crippen LogP contribution >= 0.6 is 115 Å². The van der Waals surface area contributed by atoms with E-state index in [0.717, 1.165) is 0 Å². The first-order chi connectivity index (χ1) is 28.7. The van der Waals surface area contributed by atoms with Gasteiger partial charge in [-0.15, -0.1) is 45.3 Å². The summed E-state index contributed by atoms with van der Waals surface area (Å²) in [4.78, 5) is 0. The third-order valence-corrected chi connectivity index (χ3v) is 15.8. The van der Waals surface area contributed by atoms with Crippen molar-refractivity contribution in [2.75, 3.05) is 0 Å². The topological polar surface area (TPSA) is 0 Å². The van der Waals surface area contributed by atoms with Crippen LogP contribution in [0.15, 0.2) is 94.3 Å². The predicted molar refractivity (Wildman–Crippen MR) is 283 cm³/mol. The summed E-state index contributed by atoms with van der Waals surface area (Å²) in [6, 6.07) is 29.5. The number of halogens is 6. The summed E-state index contributed by atoms with van der Waals surface area (Å²) < 4.78 is 4.12. The first-order valence-electron chi connectivity index (χ1n) is 19.4. The highest BCUT2D eigenvalue weighted by Gasteiger charge is 2.42. The minimum Gasteiger partial charge on any atom is -0.143 e. The number of aryl methyl sites for hydroxylation is 6. The Kier molecular flexibility index (Phi) is 12.1. The van der Waals surface area contributed by atoms with Crippen LogP contribution in [0.2, 0.25) is 0 Å². The molecule has 60 heavy (non-hydrogen) atoms.